The minimum atomic E-state index is 0.238. The van der Waals surface area contributed by atoms with Crippen molar-refractivity contribution in [3.05, 3.63) is 11.1 Å². The van der Waals surface area contributed by atoms with Crippen LogP contribution in [0.4, 0.5) is 0 Å². The Labute approximate surface area is 139 Å². The van der Waals surface area contributed by atoms with E-state index in [1.165, 1.54) is 32.1 Å². The molecule has 1 heterocycles. The Morgan fingerprint density at radius 1 is 1.18 bits per heavy atom. The molecule has 0 unspecified atom stereocenters. The molecule has 3 fully saturated rings. The zero-order valence-electron chi connectivity index (χ0n) is 14.1. The summed E-state index contributed by atoms with van der Waals surface area (Å²) in [6, 6.07) is 0.462. The lowest BCUT2D eigenvalue weighted by molar-refractivity contribution is -0.156. The van der Waals surface area contributed by atoms with Gasteiger partial charge in [0.05, 0.1) is 0 Å². The van der Waals surface area contributed by atoms with Gasteiger partial charge in [0, 0.05) is 30.0 Å². The van der Waals surface area contributed by atoms with Gasteiger partial charge in [-0.25, -0.2) is 0 Å². The van der Waals surface area contributed by atoms with Crippen LogP contribution in [0.25, 0.3) is 0 Å². The van der Waals surface area contributed by atoms with E-state index in [-0.39, 0.29) is 5.41 Å². The fraction of sp³-hybridized carbons (Fsp3) is 0.842. The van der Waals surface area contributed by atoms with Crippen molar-refractivity contribution in [2.24, 2.45) is 28.6 Å². The number of amides is 1. The smallest absolute Gasteiger partial charge is 0.222 e. The molecule has 1 aliphatic heterocycles. The third-order valence-electron chi connectivity index (χ3n) is 8.04. The van der Waals surface area contributed by atoms with Gasteiger partial charge in [-0.15, -0.1) is 0 Å². The molecule has 0 radical (unpaired) electrons. The summed E-state index contributed by atoms with van der Waals surface area (Å²) in [7, 11) is 2.03. The number of hydrogen-bond acceptors (Lipinski definition) is 1. The van der Waals surface area contributed by atoms with Gasteiger partial charge >= 0.3 is 0 Å². The molecular weight excluding hydrogens is 294 g/mol. The number of allylic oxidation sites excluding steroid dienone is 2. The maximum absolute atomic E-state index is 12.1. The Kier molecular flexibility index (Phi) is 3.25. The molecule has 0 spiro atoms. The molecule has 22 heavy (non-hydrogen) atoms. The molecule has 1 saturated heterocycles. The Balaban J connectivity index is 1.66. The van der Waals surface area contributed by atoms with Crippen LogP contribution < -0.4 is 0 Å². The predicted molar refractivity (Wildman–Crippen MR) is 89.5 cm³/mol. The number of nitrogens with zero attached hydrogens (tertiary/aromatic N) is 1. The second kappa shape index (κ2) is 4.75. The SMILES string of the molecule is CN1C(=O)CC[C@]2(C)[C@H]3CC[C@]4(C)C(Cl)=CC[C@H]4[C@@H]3CC[C@@H]12. The van der Waals surface area contributed by atoms with Crippen molar-refractivity contribution in [2.75, 3.05) is 7.05 Å². The van der Waals surface area contributed by atoms with Crippen LogP contribution in [0.3, 0.4) is 0 Å². The molecule has 0 bridgehead atoms. The summed E-state index contributed by atoms with van der Waals surface area (Å²) >= 11 is 6.58. The first-order chi connectivity index (χ1) is 10.4. The first-order valence-corrected chi connectivity index (χ1v) is 9.37. The lowest BCUT2D eigenvalue weighted by Crippen LogP contribution is -2.61. The molecule has 3 heteroatoms. The fourth-order valence-corrected chi connectivity index (χ4v) is 6.99. The summed E-state index contributed by atoms with van der Waals surface area (Å²) in [4.78, 5) is 14.2. The van der Waals surface area contributed by atoms with Gasteiger partial charge in [-0.2, -0.15) is 0 Å². The van der Waals surface area contributed by atoms with Gasteiger partial charge in [0.25, 0.3) is 0 Å². The highest BCUT2D eigenvalue weighted by Crippen LogP contribution is 2.65. The number of halogens is 1. The lowest BCUT2D eigenvalue weighted by atomic mass is 9.47. The number of rotatable bonds is 0. The van der Waals surface area contributed by atoms with Crippen LogP contribution in [0.15, 0.2) is 11.1 Å². The van der Waals surface area contributed by atoms with Gasteiger partial charge in [0.1, 0.15) is 0 Å². The van der Waals surface area contributed by atoms with Crippen LogP contribution in [-0.4, -0.2) is 23.9 Å². The van der Waals surface area contributed by atoms with E-state index in [1.807, 2.05) is 7.05 Å². The van der Waals surface area contributed by atoms with Crippen molar-refractivity contribution >= 4 is 17.5 Å². The van der Waals surface area contributed by atoms with Gasteiger partial charge in [-0.1, -0.05) is 31.5 Å². The fourth-order valence-electron chi connectivity index (χ4n) is 6.67. The Bertz CT molecular complexity index is 544. The molecule has 3 aliphatic carbocycles. The van der Waals surface area contributed by atoms with Crippen molar-refractivity contribution in [3.8, 4) is 0 Å². The van der Waals surface area contributed by atoms with Gasteiger partial charge in [-0.05, 0) is 61.7 Å². The first-order valence-electron chi connectivity index (χ1n) is 9.00. The molecule has 0 aromatic carbocycles. The summed E-state index contributed by atoms with van der Waals surface area (Å²) in [6.45, 7) is 4.87. The van der Waals surface area contributed by atoms with E-state index >= 15 is 0 Å². The van der Waals surface area contributed by atoms with Crippen molar-refractivity contribution < 1.29 is 4.79 Å². The van der Waals surface area contributed by atoms with Crippen LogP contribution in [-0.2, 0) is 4.79 Å². The van der Waals surface area contributed by atoms with E-state index in [0.29, 0.717) is 17.4 Å². The number of piperidine rings is 1. The molecule has 2 nitrogen and oxygen atoms in total. The molecule has 4 aliphatic rings. The maximum atomic E-state index is 12.1. The second-order valence-corrected chi connectivity index (χ2v) is 9.13. The predicted octanol–water partition coefficient (Wildman–Crippen LogP) is 4.58. The van der Waals surface area contributed by atoms with Crippen LogP contribution in [0.1, 0.15) is 58.8 Å². The zero-order chi connectivity index (χ0) is 15.7. The topological polar surface area (TPSA) is 20.3 Å². The summed E-state index contributed by atoms with van der Waals surface area (Å²) < 4.78 is 0. The van der Waals surface area contributed by atoms with Gasteiger partial charge < -0.3 is 4.90 Å². The summed E-state index contributed by atoms with van der Waals surface area (Å²) in [5.74, 6) is 2.66. The zero-order valence-corrected chi connectivity index (χ0v) is 14.8. The molecule has 0 aromatic rings. The van der Waals surface area contributed by atoms with Crippen molar-refractivity contribution in [1.82, 2.24) is 4.90 Å². The number of carbonyl (C=O) groups is 1. The summed E-state index contributed by atoms with van der Waals surface area (Å²) in [5, 5.41) is 1.12. The normalized spacial score (nSPS) is 51.0. The van der Waals surface area contributed by atoms with E-state index in [9.17, 15) is 4.79 Å². The number of likely N-dealkylation sites (tertiary alicyclic amines) is 1. The summed E-state index contributed by atoms with van der Waals surface area (Å²) in [6.07, 6.45) is 10.3. The van der Waals surface area contributed by atoms with E-state index in [2.05, 4.69) is 24.8 Å². The minimum Gasteiger partial charge on any atom is -0.342 e. The first kappa shape index (κ1) is 15.1. The number of fused-ring (bicyclic) bond motifs is 5. The highest BCUT2D eigenvalue weighted by atomic mass is 35.5. The standard InChI is InChI=1S/C19H28ClNO/c1-18-10-8-14-12(13(18)5-6-15(18)20)4-7-16-19(14,2)11-9-17(22)21(16)3/h6,12-14,16H,4-5,7-11H2,1-3H3/t12-,13-,14-,16+,18-,19+/m0/s1. The molecular formula is C19H28ClNO. The molecule has 4 rings (SSSR count). The highest BCUT2D eigenvalue weighted by molar-refractivity contribution is 6.30. The second-order valence-electron chi connectivity index (χ2n) is 8.72. The molecule has 0 aromatic heterocycles. The van der Waals surface area contributed by atoms with Crippen LogP contribution >= 0.6 is 11.6 Å². The third kappa shape index (κ3) is 1.76. The maximum Gasteiger partial charge on any atom is 0.222 e. The van der Waals surface area contributed by atoms with E-state index in [4.69, 9.17) is 11.6 Å². The quantitative estimate of drug-likeness (QED) is 0.639. The molecule has 6 atom stereocenters. The van der Waals surface area contributed by atoms with Crippen molar-refractivity contribution in [3.63, 3.8) is 0 Å². The summed E-state index contributed by atoms with van der Waals surface area (Å²) in [5.41, 5.74) is 0.560. The number of hydrogen-bond donors (Lipinski definition) is 0. The Morgan fingerprint density at radius 3 is 2.73 bits per heavy atom. The average Bonchev–Trinajstić information content (AvgIpc) is 2.79. The van der Waals surface area contributed by atoms with Gasteiger partial charge in [0.2, 0.25) is 5.91 Å². The van der Waals surface area contributed by atoms with E-state index in [1.54, 1.807) is 0 Å². The van der Waals surface area contributed by atoms with Crippen molar-refractivity contribution in [2.45, 2.75) is 64.8 Å². The average molecular weight is 322 g/mol. The molecule has 1 amide bonds. The highest BCUT2D eigenvalue weighted by Gasteiger charge is 2.59. The Morgan fingerprint density at radius 2 is 1.95 bits per heavy atom. The molecule has 122 valence electrons. The van der Waals surface area contributed by atoms with Crippen molar-refractivity contribution in [1.29, 1.82) is 0 Å². The third-order valence-corrected chi connectivity index (χ3v) is 8.63. The lowest BCUT2D eigenvalue weighted by Gasteiger charge is -2.61. The Hall–Kier alpha value is -0.500. The van der Waals surface area contributed by atoms with E-state index in [0.717, 1.165) is 35.6 Å². The largest absolute Gasteiger partial charge is 0.342 e. The van der Waals surface area contributed by atoms with Gasteiger partial charge in [0.15, 0.2) is 0 Å². The van der Waals surface area contributed by atoms with Crippen LogP contribution in [0, 0.1) is 28.6 Å². The monoisotopic (exact) mass is 321 g/mol. The van der Waals surface area contributed by atoms with Crippen LogP contribution in [0.2, 0.25) is 0 Å². The van der Waals surface area contributed by atoms with E-state index < -0.39 is 0 Å². The molecule has 2 saturated carbocycles. The van der Waals surface area contributed by atoms with Gasteiger partial charge in [-0.3, -0.25) is 4.79 Å². The van der Waals surface area contributed by atoms with Crippen LogP contribution in [0.5, 0.6) is 0 Å². The molecule has 0 N–H and O–H groups in total. The number of carbonyl (C=O) groups excluding carboxylic acids is 1. The minimum absolute atomic E-state index is 0.238.